The monoisotopic (exact) mass is 218 g/mol. The Morgan fingerprint density at radius 2 is 1.69 bits per heavy atom. The number of hydrazone groups is 1. The van der Waals surface area contributed by atoms with Crippen LogP contribution >= 0.6 is 0 Å². The number of rotatable bonds is 2. The Bertz CT molecular complexity index is 464. The first-order valence-electron chi connectivity index (χ1n) is 4.98. The lowest BCUT2D eigenvalue weighted by Gasteiger charge is -2.10. The van der Waals surface area contributed by atoms with Gasteiger partial charge in [0.15, 0.2) is 11.5 Å². The van der Waals surface area contributed by atoms with Gasteiger partial charge in [0.05, 0.1) is 20.4 Å². The van der Waals surface area contributed by atoms with Crippen molar-refractivity contribution >= 4 is 12.3 Å². The normalized spacial score (nSPS) is 13.3. The molecule has 0 radical (unpaired) electrons. The summed E-state index contributed by atoms with van der Waals surface area (Å²) in [5.41, 5.74) is 5.96. The molecule has 1 heterocycles. The zero-order chi connectivity index (χ0) is 11.5. The van der Waals surface area contributed by atoms with Crippen LogP contribution in [0.1, 0.15) is 18.1 Å². The second-order valence-electron chi connectivity index (χ2n) is 3.53. The summed E-state index contributed by atoms with van der Waals surface area (Å²) in [4.78, 5) is 0. The van der Waals surface area contributed by atoms with Gasteiger partial charge in [-0.1, -0.05) is 0 Å². The quantitative estimate of drug-likeness (QED) is 0.825. The van der Waals surface area contributed by atoms with E-state index in [1.165, 1.54) is 0 Å². The molecule has 0 saturated heterocycles. The molecule has 0 unspecified atom stereocenters. The second kappa shape index (κ2) is 4.26. The van der Waals surface area contributed by atoms with Crippen molar-refractivity contribution in [3.63, 3.8) is 0 Å². The Morgan fingerprint density at radius 3 is 2.31 bits per heavy atom. The van der Waals surface area contributed by atoms with Crippen LogP contribution < -0.4 is 14.9 Å². The summed E-state index contributed by atoms with van der Waals surface area (Å²) in [5, 5.41) is 4.08. The molecule has 0 fully saturated rings. The molecular weight excluding hydrogens is 204 g/mol. The van der Waals surface area contributed by atoms with E-state index in [2.05, 4.69) is 10.5 Å². The van der Waals surface area contributed by atoms with E-state index in [0.717, 1.165) is 22.6 Å². The maximum absolute atomic E-state index is 5.26. The average Bonchev–Trinajstić information content (AvgIpc) is 2.47. The molecule has 0 amide bonds. The van der Waals surface area contributed by atoms with Crippen molar-refractivity contribution in [2.75, 3.05) is 14.2 Å². The number of ether oxygens (including phenoxy) is 2. The van der Waals surface area contributed by atoms with E-state index < -0.39 is 0 Å². The van der Waals surface area contributed by atoms with Crippen molar-refractivity contribution in [1.82, 2.24) is 5.43 Å². The minimum Gasteiger partial charge on any atom is -0.493 e. The van der Waals surface area contributed by atoms with Crippen LogP contribution in [0.4, 0.5) is 0 Å². The smallest absolute Gasteiger partial charge is 0.161 e. The van der Waals surface area contributed by atoms with Crippen LogP contribution in [-0.4, -0.2) is 20.4 Å². The zero-order valence-corrected chi connectivity index (χ0v) is 9.57. The van der Waals surface area contributed by atoms with Gasteiger partial charge < -0.3 is 9.47 Å². The molecule has 0 spiro atoms. The van der Waals surface area contributed by atoms with Crippen LogP contribution in [0, 0.1) is 0 Å². The van der Waals surface area contributed by atoms with Crippen LogP contribution in [0.5, 0.6) is 11.5 Å². The average molecular weight is 218 g/mol. The van der Waals surface area contributed by atoms with Crippen molar-refractivity contribution in [2.45, 2.75) is 6.92 Å². The number of hydrogen-bond acceptors (Lipinski definition) is 4. The molecule has 1 N–H and O–H groups in total. The fraction of sp³-hybridized carbons (Fsp3) is 0.250. The number of benzene rings is 1. The van der Waals surface area contributed by atoms with E-state index in [4.69, 9.17) is 9.47 Å². The SMILES string of the molecule is COc1cc2c(cc1OC)C=C(C)NN=C2. The minimum absolute atomic E-state index is 0.709. The standard InChI is InChI=1S/C12H14N2O2/c1-8-4-9-5-11(15-2)12(16-3)6-10(9)7-13-14-8/h4-7,14H,1-3H3. The first-order valence-corrected chi connectivity index (χ1v) is 4.98. The molecule has 4 nitrogen and oxygen atoms in total. The van der Waals surface area contributed by atoms with Gasteiger partial charge in [-0.25, -0.2) is 0 Å². The van der Waals surface area contributed by atoms with E-state index in [1.807, 2.05) is 25.1 Å². The molecule has 1 aliphatic rings. The summed E-state index contributed by atoms with van der Waals surface area (Å²) >= 11 is 0. The molecule has 16 heavy (non-hydrogen) atoms. The molecule has 1 aliphatic heterocycles. The van der Waals surface area contributed by atoms with Crippen LogP contribution in [0.15, 0.2) is 22.9 Å². The molecule has 2 rings (SSSR count). The summed E-state index contributed by atoms with van der Waals surface area (Å²) in [6, 6.07) is 3.85. The highest BCUT2D eigenvalue weighted by molar-refractivity contribution is 5.88. The second-order valence-corrected chi connectivity index (χ2v) is 3.53. The zero-order valence-electron chi connectivity index (χ0n) is 9.57. The Kier molecular flexibility index (Phi) is 2.81. The molecule has 1 aromatic carbocycles. The minimum atomic E-state index is 0.709. The molecular formula is C12H14N2O2. The number of nitrogens with zero attached hydrogens (tertiary/aromatic N) is 1. The van der Waals surface area contributed by atoms with E-state index in [1.54, 1.807) is 20.4 Å². The van der Waals surface area contributed by atoms with Gasteiger partial charge in [0.2, 0.25) is 0 Å². The molecule has 1 aromatic rings. The molecule has 4 heteroatoms. The van der Waals surface area contributed by atoms with Crippen molar-refractivity contribution in [2.24, 2.45) is 5.10 Å². The number of nitrogens with one attached hydrogen (secondary N) is 1. The van der Waals surface area contributed by atoms with Crippen molar-refractivity contribution in [3.8, 4) is 11.5 Å². The molecule has 84 valence electrons. The Labute approximate surface area is 94.6 Å². The summed E-state index contributed by atoms with van der Waals surface area (Å²) in [5.74, 6) is 1.43. The predicted molar refractivity (Wildman–Crippen MR) is 63.9 cm³/mol. The molecule has 0 aromatic heterocycles. The fourth-order valence-electron chi connectivity index (χ4n) is 1.62. The first kappa shape index (κ1) is 10.5. The Hall–Kier alpha value is -1.97. The van der Waals surface area contributed by atoms with Crippen LogP contribution in [-0.2, 0) is 0 Å². The van der Waals surface area contributed by atoms with Crippen molar-refractivity contribution < 1.29 is 9.47 Å². The maximum atomic E-state index is 5.26. The third-order valence-electron chi connectivity index (χ3n) is 2.41. The lowest BCUT2D eigenvalue weighted by atomic mass is 10.1. The topological polar surface area (TPSA) is 42.9 Å². The van der Waals surface area contributed by atoms with Crippen LogP contribution in [0.2, 0.25) is 0 Å². The Morgan fingerprint density at radius 1 is 1.06 bits per heavy atom. The van der Waals surface area contributed by atoms with Gasteiger partial charge >= 0.3 is 0 Å². The summed E-state index contributed by atoms with van der Waals surface area (Å²) < 4.78 is 10.5. The number of allylic oxidation sites excluding steroid dienone is 1. The highest BCUT2D eigenvalue weighted by Gasteiger charge is 2.10. The summed E-state index contributed by atoms with van der Waals surface area (Å²) in [7, 11) is 3.25. The summed E-state index contributed by atoms with van der Waals surface area (Å²) in [6.07, 6.45) is 3.79. The number of methoxy groups -OCH3 is 2. The van der Waals surface area contributed by atoms with Gasteiger partial charge in [-0.2, -0.15) is 5.10 Å². The molecule has 0 saturated carbocycles. The van der Waals surface area contributed by atoms with Gasteiger partial charge in [0.25, 0.3) is 0 Å². The number of fused-ring (bicyclic) bond motifs is 1. The summed E-state index contributed by atoms with van der Waals surface area (Å²) in [6.45, 7) is 1.96. The predicted octanol–water partition coefficient (Wildman–Crippen LogP) is 2.00. The van der Waals surface area contributed by atoms with E-state index >= 15 is 0 Å². The molecule has 0 aliphatic carbocycles. The highest BCUT2D eigenvalue weighted by Crippen LogP contribution is 2.31. The van der Waals surface area contributed by atoms with Gasteiger partial charge in [-0.15, -0.1) is 0 Å². The van der Waals surface area contributed by atoms with Crippen molar-refractivity contribution in [3.05, 3.63) is 29.0 Å². The van der Waals surface area contributed by atoms with Gasteiger partial charge in [-0.3, -0.25) is 5.43 Å². The molecule has 0 bridgehead atoms. The van der Waals surface area contributed by atoms with E-state index in [9.17, 15) is 0 Å². The highest BCUT2D eigenvalue weighted by atomic mass is 16.5. The lowest BCUT2D eigenvalue weighted by molar-refractivity contribution is 0.355. The van der Waals surface area contributed by atoms with Gasteiger partial charge in [-0.05, 0) is 30.7 Å². The number of hydrogen-bond donors (Lipinski definition) is 1. The van der Waals surface area contributed by atoms with Gasteiger partial charge in [0.1, 0.15) is 0 Å². The maximum Gasteiger partial charge on any atom is 0.161 e. The Balaban J connectivity index is 2.58. The van der Waals surface area contributed by atoms with E-state index in [0.29, 0.717) is 5.75 Å². The first-order chi connectivity index (χ1) is 7.74. The van der Waals surface area contributed by atoms with Crippen LogP contribution in [0.3, 0.4) is 0 Å². The van der Waals surface area contributed by atoms with Gasteiger partial charge in [0, 0.05) is 11.3 Å². The largest absolute Gasteiger partial charge is 0.493 e. The lowest BCUT2D eigenvalue weighted by Crippen LogP contribution is -1.98. The third kappa shape index (κ3) is 1.86. The fourth-order valence-corrected chi connectivity index (χ4v) is 1.62. The van der Waals surface area contributed by atoms with Crippen molar-refractivity contribution in [1.29, 1.82) is 0 Å². The molecule has 0 atom stereocenters. The third-order valence-corrected chi connectivity index (χ3v) is 2.41. The van der Waals surface area contributed by atoms with E-state index in [-0.39, 0.29) is 0 Å². The van der Waals surface area contributed by atoms with Crippen LogP contribution in [0.25, 0.3) is 6.08 Å².